The first-order valence-electron chi connectivity index (χ1n) is 12.2. The Hall–Kier alpha value is -2.89. The van der Waals surface area contributed by atoms with Gasteiger partial charge in [0.1, 0.15) is 0 Å². The van der Waals surface area contributed by atoms with Crippen LogP contribution in [0.25, 0.3) is 6.08 Å². The first-order valence-corrected chi connectivity index (χ1v) is 12.2. The molecule has 2 unspecified atom stereocenters. The Kier molecular flexibility index (Phi) is 8.48. The van der Waals surface area contributed by atoms with E-state index in [0.717, 1.165) is 42.6 Å². The van der Waals surface area contributed by atoms with Gasteiger partial charge in [0, 0.05) is 36.5 Å². The van der Waals surface area contributed by atoms with Crippen molar-refractivity contribution in [1.29, 1.82) is 0 Å². The summed E-state index contributed by atoms with van der Waals surface area (Å²) in [4.78, 5) is 27.4. The van der Waals surface area contributed by atoms with E-state index in [1.165, 1.54) is 11.1 Å². The van der Waals surface area contributed by atoms with Crippen LogP contribution < -0.4 is 5.32 Å². The Morgan fingerprint density at radius 3 is 2.58 bits per heavy atom. The number of piperidine rings is 1. The summed E-state index contributed by atoms with van der Waals surface area (Å²) in [5.74, 6) is -0.101. The zero-order valence-corrected chi connectivity index (χ0v) is 20.7. The van der Waals surface area contributed by atoms with E-state index >= 15 is 0 Å². The fourth-order valence-electron chi connectivity index (χ4n) is 4.38. The summed E-state index contributed by atoms with van der Waals surface area (Å²) < 4.78 is 1.99. The second-order valence-electron chi connectivity index (χ2n) is 9.32. The van der Waals surface area contributed by atoms with Gasteiger partial charge in [0.15, 0.2) is 0 Å². The molecule has 2 atom stereocenters. The Morgan fingerprint density at radius 2 is 1.88 bits per heavy atom. The van der Waals surface area contributed by atoms with Crippen LogP contribution in [0.15, 0.2) is 30.3 Å². The molecule has 2 aromatic rings. The molecule has 2 amide bonds. The highest BCUT2D eigenvalue weighted by Gasteiger charge is 2.31. The SMILES string of the molecule is CCCCNC(=O)C1CCC(C)N(C(=O)/C=C/c2c(C)nn(Cc3ccc(C)cc3)c2C)C1. The van der Waals surface area contributed by atoms with Crippen molar-refractivity contribution in [3.05, 3.63) is 58.4 Å². The van der Waals surface area contributed by atoms with E-state index in [1.807, 2.05) is 29.5 Å². The molecule has 0 radical (unpaired) electrons. The maximum Gasteiger partial charge on any atom is 0.246 e. The maximum absolute atomic E-state index is 13.0. The second-order valence-corrected chi connectivity index (χ2v) is 9.32. The quantitative estimate of drug-likeness (QED) is 0.478. The fraction of sp³-hybridized carbons (Fsp3) is 0.519. The molecule has 0 saturated carbocycles. The highest BCUT2D eigenvalue weighted by atomic mass is 16.2. The van der Waals surface area contributed by atoms with Crippen molar-refractivity contribution in [1.82, 2.24) is 20.0 Å². The number of carbonyl (C=O) groups excluding carboxylic acids is 2. The number of carbonyl (C=O) groups is 2. The van der Waals surface area contributed by atoms with Crippen molar-refractivity contribution in [2.75, 3.05) is 13.1 Å². The normalized spacial score (nSPS) is 18.6. The minimum Gasteiger partial charge on any atom is -0.356 e. The minimum atomic E-state index is -0.129. The molecule has 1 N–H and O–H groups in total. The summed E-state index contributed by atoms with van der Waals surface area (Å²) in [5.41, 5.74) is 5.36. The van der Waals surface area contributed by atoms with Gasteiger partial charge in [-0.15, -0.1) is 0 Å². The van der Waals surface area contributed by atoms with Crippen LogP contribution in [0.1, 0.15) is 67.6 Å². The third kappa shape index (κ3) is 6.34. The lowest BCUT2D eigenvalue weighted by Gasteiger charge is -2.36. The van der Waals surface area contributed by atoms with Crippen molar-refractivity contribution in [2.45, 2.75) is 72.9 Å². The van der Waals surface area contributed by atoms with E-state index < -0.39 is 0 Å². The number of nitrogens with one attached hydrogen (secondary N) is 1. The smallest absolute Gasteiger partial charge is 0.246 e. The lowest BCUT2D eigenvalue weighted by atomic mass is 9.92. The fourth-order valence-corrected chi connectivity index (χ4v) is 4.38. The van der Waals surface area contributed by atoms with Crippen molar-refractivity contribution >= 4 is 17.9 Å². The highest BCUT2D eigenvalue weighted by Crippen LogP contribution is 2.23. The Morgan fingerprint density at radius 1 is 1.15 bits per heavy atom. The largest absolute Gasteiger partial charge is 0.356 e. The number of aryl methyl sites for hydroxylation is 2. The number of amides is 2. The number of hydrogen-bond donors (Lipinski definition) is 1. The molecule has 1 aromatic carbocycles. The molecule has 1 aromatic heterocycles. The van der Waals surface area contributed by atoms with Gasteiger partial charge in [-0.2, -0.15) is 5.10 Å². The van der Waals surface area contributed by atoms with E-state index in [4.69, 9.17) is 5.10 Å². The Balaban J connectivity index is 1.67. The van der Waals surface area contributed by atoms with Crippen LogP contribution in [0.2, 0.25) is 0 Å². The zero-order chi connectivity index (χ0) is 24.0. The van der Waals surface area contributed by atoms with E-state index in [2.05, 4.69) is 50.4 Å². The lowest BCUT2D eigenvalue weighted by molar-refractivity contribution is -0.134. The first kappa shape index (κ1) is 24.7. The molecule has 0 spiro atoms. The monoisotopic (exact) mass is 450 g/mol. The van der Waals surface area contributed by atoms with E-state index in [9.17, 15) is 9.59 Å². The number of hydrogen-bond acceptors (Lipinski definition) is 3. The average Bonchev–Trinajstić information content (AvgIpc) is 3.06. The molecule has 6 nitrogen and oxygen atoms in total. The molecule has 33 heavy (non-hydrogen) atoms. The second kappa shape index (κ2) is 11.3. The summed E-state index contributed by atoms with van der Waals surface area (Å²) in [6.07, 6.45) is 7.23. The van der Waals surface area contributed by atoms with Gasteiger partial charge in [-0.3, -0.25) is 14.3 Å². The van der Waals surface area contributed by atoms with Gasteiger partial charge in [0.2, 0.25) is 11.8 Å². The molecule has 3 rings (SSSR count). The third-order valence-electron chi connectivity index (χ3n) is 6.65. The number of nitrogens with zero attached hydrogens (tertiary/aromatic N) is 3. The summed E-state index contributed by atoms with van der Waals surface area (Å²) in [6, 6.07) is 8.60. The first-order chi connectivity index (χ1) is 15.8. The van der Waals surface area contributed by atoms with Crippen LogP contribution in [0.5, 0.6) is 0 Å². The molecule has 1 saturated heterocycles. The highest BCUT2D eigenvalue weighted by molar-refractivity contribution is 5.93. The van der Waals surface area contributed by atoms with Crippen LogP contribution in [0.3, 0.4) is 0 Å². The van der Waals surface area contributed by atoms with Crippen molar-refractivity contribution in [2.24, 2.45) is 5.92 Å². The predicted octanol–water partition coefficient (Wildman–Crippen LogP) is 4.41. The molecule has 2 heterocycles. The molecule has 1 aliphatic heterocycles. The standard InChI is InChI=1S/C27H38N4O2/c1-6-7-16-28-27(33)24-13-10-20(3)30(18-24)26(32)15-14-25-21(4)29-31(22(25)5)17-23-11-8-19(2)9-12-23/h8-9,11-12,14-15,20,24H,6-7,10,13,16-18H2,1-5H3,(H,28,33)/b15-14+. The molecule has 1 fully saturated rings. The van der Waals surface area contributed by atoms with Crippen LogP contribution in [-0.4, -0.2) is 45.6 Å². The molecule has 6 heteroatoms. The number of aromatic nitrogens is 2. The van der Waals surface area contributed by atoms with Gasteiger partial charge in [-0.05, 0) is 58.6 Å². The van der Waals surface area contributed by atoms with Crippen molar-refractivity contribution in [3.63, 3.8) is 0 Å². The summed E-state index contributed by atoms with van der Waals surface area (Å²) in [7, 11) is 0. The van der Waals surface area contributed by atoms with E-state index in [0.29, 0.717) is 19.6 Å². The number of unbranched alkanes of at least 4 members (excludes halogenated alkanes) is 1. The molecule has 0 bridgehead atoms. The van der Waals surface area contributed by atoms with E-state index in [-0.39, 0.29) is 23.8 Å². The Labute approximate surface area is 198 Å². The van der Waals surface area contributed by atoms with Gasteiger partial charge >= 0.3 is 0 Å². The van der Waals surface area contributed by atoms with Crippen molar-refractivity contribution < 1.29 is 9.59 Å². The minimum absolute atomic E-state index is 0.0429. The molecular weight excluding hydrogens is 412 g/mol. The van der Waals surface area contributed by atoms with Gasteiger partial charge in [0.05, 0.1) is 18.2 Å². The number of benzene rings is 1. The third-order valence-corrected chi connectivity index (χ3v) is 6.65. The Bertz CT molecular complexity index is 990. The van der Waals surface area contributed by atoms with E-state index in [1.54, 1.807) is 6.08 Å². The van der Waals surface area contributed by atoms with Gasteiger partial charge in [-0.25, -0.2) is 0 Å². The van der Waals surface area contributed by atoms with Crippen LogP contribution in [0.4, 0.5) is 0 Å². The summed E-state index contributed by atoms with van der Waals surface area (Å²) in [5, 5.41) is 7.71. The van der Waals surface area contributed by atoms with Crippen molar-refractivity contribution in [3.8, 4) is 0 Å². The van der Waals surface area contributed by atoms with Crippen LogP contribution in [-0.2, 0) is 16.1 Å². The number of likely N-dealkylation sites (tertiary alicyclic amines) is 1. The van der Waals surface area contributed by atoms with Gasteiger partial charge < -0.3 is 10.2 Å². The maximum atomic E-state index is 13.0. The summed E-state index contributed by atoms with van der Waals surface area (Å²) in [6.45, 7) is 12.2. The predicted molar refractivity (Wildman–Crippen MR) is 133 cm³/mol. The van der Waals surface area contributed by atoms with Gasteiger partial charge in [-0.1, -0.05) is 43.2 Å². The molecule has 178 valence electrons. The molecule has 0 aliphatic carbocycles. The molecule has 1 aliphatic rings. The van der Waals surface area contributed by atoms with Crippen LogP contribution >= 0.6 is 0 Å². The number of rotatable bonds is 8. The summed E-state index contributed by atoms with van der Waals surface area (Å²) >= 11 is 0. The zero-order valence-electron chi connectivity index (χ0n) is 20.7. The molecular formula is C27H38N4O2. The van der Waals surface area contributed by atoms with Gasteiger partial charge in [0.25, 0.3) is 0 Å². The van der Waals surface area contributed by atoms with Crippen LogP contribution in [0, 0.1) is 26.7 Å². The average molecular weight is 451 g/mol. The topological polar surface area (TPSA) is 67.2 Å². The lowest BCUT2D eigenvalue weighted by Crippen LogP contribution is -2.49.